The molecule has 0 heterocycles. The first kappa shape index (κ1) is 13.5. The van der Waals surface area contributed by atoms with Crippen molar-refractivity contribution in [3.8, 4) is 0 Å². The van der Waals surface area contributed by atoms with Gasteiger partial charge in [0.05, 0.1) is 0 Å². The van der Waals surface area contributed by atoms with Crippen LogP contribution in [0, 0.1) is 17.8 Å². The Kier molecular flexibility index (Phi) is 4.82. The van der Waals surface area contributed by atoms with E-state index in [1.54, 1.807) is 0 Å². The average Bonchev–Trinajstić information content (AvgIpc) is 2.66. The summed E-state index contributed by atoms with van der Waals surface area (Å²) in [6, 6.07) is 0.343. The highest BCUT2D eigenvalue weighted by Crippen LogP contribution is 2.36. The number of carbonyl (C=O) groups is 1. The summed E-state index contributed by atoms with van der Waals surface area (Å²) >= 11 is 0. The number of carbonyl (C=O) groups excluding carboxylic acids is 1. The van der Waals surface area contributed by atoms with Crippen LogP contribution in [0.1, 0.15) is 53.9 Å². The second kappa shape index (κ2) is 5.70. The molecule has 1 aliphatic carbocycles. The summed E-state index contributed by atoms with van der Waals surface area (Å²) in [4.78, 5) is 14.3. The van der Waals surface area contributed by atoms with Gasteiger partial charge in [-0.3, -0.25) is 4.79 Å². The van der Waals surface area contributed by atoms with Gasteiger partial charge in [-0.15, -0.1) is 0 Å². The van der Waals surface area contributed by atoms with Crippen molar-refractivity contribution in [3.63, 3.8) is 0 Å². The number of rotatable bonds is 4. The summed E-state index contributed by atoms with van der Waals surface area (Å²) in [6.07, 6.45) is 3.45. The molecule has 1 unspecified atom stereocenters. The maximum absolute atomic E-state index is 12.3. The Hall–Kier alpha value is -0.530. The Bertz CT molecular complexity index is 235. The summed E-state index contributed by atoms with van der Waals surface area (Å²) in [6.45, 7) is 11.7. The van der Waals surface area contributed by atoms with Crippen LogP contribution in [0.15, 0.2) is 0 Å². The van der Waals surface area contributed by atoms with Crippen molar-refractivity contribution < 1.29 is 4.79 Å². The molecule has 0 radical (unpaired) electrons. The Morgan fingerprint density at radius 3 is 2.25 bits per heavy atom. The summed E-state index contributed by atoms with van der Waals surface area (Å²) in [5, 5.41) is 0. The van der Waals surface area contributed by atoms with Gasteiger partial charge in [0.15, 0.2) is 0 Å². The van der Waals surface area contributed by atoms with Gasteiger partial charge in [-0.1, -0.05) is 13.8 Å². The van der Waals surface area contributed by atoms with E-state index in [1.807, 2.05) is 4.90 Å². The first-order valence-electron chi connectivity index (χ1n) is 6.77. The van der Waals surface area contributed by atoms with Crippen molar-refractivity contribution in [2.24, 2.45) is 17.8 Å². The lowest BCUT2D eigenvalue weighted by Gasteiger charge is -2.28. The molecule has 0 aromatic rings. The van der Waals surface area contributed by atoms with Crippen molar-refractivity contribution in [2.75, 3.05) is 6.54 Å². The average molecular weight is 225 g/mol. The molecule has 0 aromatic heterocycles. The molecule has 94 valence electrons. The molecule has 16 heavy (non-hydrogen) atoms. The largest absolute Gasteiger partial charge is 0.340 e. The molecule has 0 bridgehead atoms. The summed E-state index contributed by atoms with van der Waals surface area (Å²) in [7, 11) is 0. The molecule has 2 atom stereocenters. The molecule has 1 fully saturated rings. The molecule has 1 amide bonds. The van der Waals surface area contributed by atoms with Crippen LogP contribution in [0.25, 0.3) is 0 Å². The third-order valence-electron chi connectivity index (χ3n) is 4.01. The second-order valence-corrected chi connectivity index (χ2v) is 5.73. The fraction of sp³-hybridized carbons (Fsp3) is 0.929. The quantitative estimate of drug-likeness (QED) is 0.719. The Balaban J connectivity index is 2.56. The Morgan fingerprint density at radius 2 is 1.88 bits per heavy atom. The van der Waals surface area contributed by atoms with Gasteiger partial charge in [-0.2, -0.15) is 0 Å². The van der Waals surface area contributed by atoms with Crippen molar-refractivity contribution in [1.29, 1.82) is 0 Å². The lowest BCUT2D eigenvalue weighted by atomic mass is 9.93. The zero-order chi connectivity index (χ0) is 12.3. The molecular formula is C14H27NO. The van der Waals surface area contributed by atoms with E-state index < -0.39 is 0 Å². The lowest BCUT2D eigenvalue weighted by Crippen LogP contribution is -2.40. The zero-order valence-corrected chi connectivity index (χ0v) is 11.5. The molecule has 0 saturated heterocycles. The molecule has 0 aliphatic heterocycles. The van der Waals surface area contributed by atoms with E-state index in [9.17, 15) is 4.79 Å². The Labute approximate surface area is 100 Å². The van der Waals surface area contributed by atoms with Gasteiger partial charge in [0.1, 0.15) is 0 Å². The molecule has 1 aliphatic rings. The van der Waals surface area contributed by atoms with E-state index in [1.165, 1.54) is 6.42 Å². The maximum Gasteiger partial charge on any atom is 0.225 e. The SMILES string of the molecule is CCN(C(=O)C1CC[C@@H](C(C)C)C1)C(C)C. The van der Waals surface area contributed by atoms with Gasteiger partial charge < -0.3 is 4.90 Å². The zero-order valence-electron chi connectivity index (χ0n) is 11.5. The molecule has 2 nitrogen and oxygen atoms in total. The van der Waals surface area contributed by atoms with Gasteiger partial charge in [0, 0.05) is 18.5 Å². The maximum atomic E-state index is 12.3. The number of hydrogen-bond donors (Lipinski definition) is 0. The molecule has 1 rings (SSSR count). The summed E-state index contributed by atoms with van der Waals surface area (Å²) in [5.41, 5.74) is 0. The van der Waals surface area contributed by atoms with E-state index >= 15 is 0 Å². The molecular weight excluding hydrogens is 198 g/mol. The van der Waals surface area contributed by atoms with Gasteiger partial charge in [0.2, 0.25) is 5.91 Å². The van der Waals surface area contributed by atoms with Crippen molar-refractivity contribution in [2.45, 2.75) is 59.9 Å². The van der Waals surface area contributed by atoms with Crippen LogP contribution in [0.2, 0.25) is 0 Å². The summed E-state index contributed by atoms with van der Waals surface area (Å²) in [5.74, 6) is 2.18. The minimum atomic E-state index is 0.301. The third kappa shape index (κ3) is 2.99. The normalized spacial score (nSPS) is 25.4. The number of amides is 1. The minimum Gasteiger partial charge on any atom is -0.340 e. The predicted octanol–water partition coefficient (Wildman–Crippen LogP) is 3.32. The van der Waals surface area contributed by atoms with E-state index in [-0.39, 0.29) is 0 Å². The lowest BCUT2D eigenvalue weighted by molar-refractivity contribution is -0.136. The van der Waals surface area contributed by atoms with Gasteiger partial charge in [-0.25, -0.2) is 0 Å². The molecule has 2 heteroatoms. The fourth-order valence-electron chi connectivity index (χ4n) is 2.86. The van der Waals surface area contributed by atoms with Crippen molar-refractivity contribution in [1.82, 2.24) is 4.90 Å². The standard InChI is InChI=1S/C14H27NO/c1-6-15(11(4)5)14(16)13-8-7-12(9-13)10(2)3/h10-13H,6-9H2,1-5H3/t12-,13?/m1/s1. The second-order valence-electron chi connectivity index (χ2n) is 5.73. The molecule has 0 aromatic carbocycles. The van der Waals surface area contributed by atoms with Crippen LogP contribution in [0.3, 0.4) is 0 Å². The van der Waals surface area contributed by atoms with Crippen LogP contribution in [0.5, 0.6) is 0 Å². The highest BCUT2D eigenvalue weighted by atomic mass is 16.2. The molecule has 1 saturated carbocycles. The topological polar surface area (TPSA) is 20.3 Å². The van der Waals surface area contributed by atoms with E-state index in [0.29, 0.717) is 17.9 Å². The van der Waals surface area contributed by atoms with Crippen molar-refractivity contribution in [3.05, 3.63) is 0 Å². The molecule has 0 spiro atoms. The third-order valence-corrected chi connectivity index (χ3v) is 4.01. The van der Waals surface area contributed by atoms with Crippen LogP contribution in [-0.4, -0.2) is 23.4 Å². The molecule has 0 N–H and O–H groups in total. The summed E-state index contributed by atoms with van der Waals surface area (Å²) < 4.78 is 0. The van der Waals surface area contributed by atoms with E-state index in [2.05, 4.69) is 34.6 Å². The van der Waals surface area contributed by atoms with E-state index in [4.69, 9.17) is 0 Å². The minimum absolute atomic E-state index is 0.301. The smallest absolute Gasteiger partial charge is 0.225 e. The van der Waals surface area contributed by atoms with Crippen LogP contribution >= 0.6 is 0 Å². The monoisotopic (exact) mass is 225 g/mol. The predicted molar refractivity (Wildman–Crippen MR) is 68.2 cm³/mol. The number of hydrogen-bond acceptors (Lipinski definition) is 1. The van der Waals surface area contributed by atoms with Crippen LogP contribution < -0.4 is 0 Å². The number of nitrogens with zero attached hydrogens (tertiary/aromatic N) is 1. The fourth-order valence-corrected chi connectivity index (χ4v) is 2.86. The van der Waals surface area contributed by atoms with Gasteiger partial charge in [-0.05, 0) is 51.9 Å². The highest BCUT2D eigenvalue weighted by molar-refractivity contribution is 5.79. The van der Waals surface area contributed by atoms with E-state index in [0.717, 1.165) is 31.2 Å². The van der Waals surface area contributed by atoms with Gasteiger partial charge >= 0.3 is 0 Å². The van der Waals surface area contributed by atoms with Crippen LogP contribution in [-0.2, 0) is 4.79 Å². The first-order valence-corrected chi connectivity index (χ1v) is 6.77. The first-order chi connectivity index (χ1) is 7.47. The highest BCUT2D eigenvalue weighted by Gasteiger charge is 2.33. The van der Waals surface area contributed by atoms with Crippen molar-refractivity contribution >= 4 is 5.91 Å². The van der Waals surface area contributed by atoms with Gasteiger partial charge in [0.25, 0.3) is 0 Å². The Morgan fingerprint density at radius 1 is 1.25 bits per heavy atom. The van der Waals surface area contributed by atoms with Crippen LogP contribution in [0.4, 0.5) is 0 Å².